The lowest BCUT2D eigenvalue weighted by molar-refractivity contribution is -0.145. The minimum absolute atomic E-state index is 0.0322. The van der Waals surface area contributed by atoms with Gasteiger partial charge in [0.2, 0.25) is 0 Å². The van der Waals surface area contributed by atoms with Gasteiger partial charge in [-0.1, -0.05) is 6.07 Å². The Kier molecular flexibility index (Phi) is 4.32. The highest BCUT2D eigenvalue weighted by Crippen LogP contribution is 2.28. The Morgan fingerprint density at radius 2 is 2.20 bits per heavy atom. The standard InChI is InChI=1S/C17H18N2O5S/c20-15-9-24-17(11-19(15)13-3-5-22-8-13)10-18(4-6-23-12-17)16(21)14-2-1-7-25-14/h1-3,5,7-8H,4,6,9-12H2/t17-/m1/s1. The number of furan rings is 1. The molecule has 4 heterocycles. The quantitative estimate of drug-likeness (QED) is 0.812. The number of hydrogen-bond acceptors (Lipinski definition) is 6. The first-order chi connectivity index (χ1) is 12.2. The average Bonchev–Trinajstić information content (AvgIpc) is 3.30. The summed E-state index contributed by atoms with van der Waals surface area (Å²) in [5.41, 5.74) is -0.0535. The first-order valence-electron chi connectivity index (χ1n) is 8.04. The van der Waals surface area contributed by atoms with Gasteiger partial charge >= 0.3 is 0 Å². The van der Waals surface area contributed by atoms with E-state index in [4.69, 9.17) is 13.9 Å². The molecule has 2 aromatic rings. The Hall–Kier alpha value is -2.16. The number of nitrogens with zero attached hydrogens (tertiary/aromatic N) is 2. The Labute approximate surface area is 148 Å². The van der Waals surface area contributed by atoms with Gasteiger partial charge in [0.05, 0.1) is 43.1 Å². The molecule has 0 saturated carbocycles. The Bertz CT molecular complexity index is 745. The van der Waals surface area contributed by atoms with Gasteiger partial charge in [0, 0.05) is 12.6 Å². The number of anilines is 1. The van der Waals surface area contributed by atoms with Gasteiger partial charge in [-0.2, -0.15) is 0 Å². The maximum Gasteiger partial charge on any atom is 0.264 e. The summed E-state index contributed by atoms with van der Waals surface area (Å²) >= 11 is 1.42. The highest BCUT2D eigenvalue weighted by atomic mass is 32.1. The topological polar surface area (TPSA) is 72.2 Å². The van der Waals surface area contributed by atoms with Crippen molar-refractivity contribution < 1.29 is 23.5 Å². The second-order valence-corrected chi connectivity index (χ2v) is 7.14. The minimum atomic E-state index is -0.741. The van der Waals surface area contributed by atoms with E-state index in [1.165, 1.54) is 23.9 Å². The molecular weight excluding hydrogens is 344 g/mol. The van der Waals surface area contributed by atoms with Gasteiger partial charge in [0.15, 0.2) is 0 Å². The zero-order chi connectivity index (χ0) is 17.3. The molecule has 7 nitrogen and oxygen atoms in total. The average molecular weight is 362 g/mol. The molecule has 2 saturated heterocycles. The molecule has 2 amide bonds. The maximum absolute atomic E-state index is 12.7. The maximum atomic E-state index is 12.7. The third kappa shape index (κ3) is 3.20. The molecule has 1 spiro atoms. The van der Waals surface area contributed by atoms with Crippen LogP contribution in [0.2, 0.25) is 0 Å². The second-order valence-electron chi connectivity index (χ2n) is 6.19. The van der Waals surface area contributed by atoms with Crippen molar-refractivity contribution in [2.45, 2.75) is 5.60 Å². The molecule has 0 bridgehead atoms. The van der Waals surface area contributed by atoms with E-state index in [9.17, 15) is 9.59 Å². The molecule has 132 valence electrons. The van der Waals surface area contributed by atoms with Crippen LogP contribution in [0.1, 0.15) is 9.67 Å². The van der Waals surface area contributed by atoms with Crippen LogP contribution in [-0.4, -0.2) is 61.8 Å². The van der Waals surface area contributed by atoms with Gasteiger partial charge in [-0.3, -0.25) is 9.59 Å². The molecule has 2 aliphatic heterocycles. The third-order valence-electron chi connectivity index (χ3n) is 4.44. The minimum Gasteiger partial charge on any atom is -0.470 e. The molecule has 2 fully saturated rings. The molecule has 0 aromatic carbocycles. The van der Waals surface area contributed by atoms with Crippen LogP contribution < -0.4 is 4.90 Å². The molecule has 0 N–H and O–H groups in total. The first-order valence-corrected chi connectivity index (χ1v) is 8.92. The van der Waals surface area contributed by atoms with Crippen LogP contribution in [0.5, 0.6) is 0 Å². The molecule has 0 radical (unpaired) electrons. The van der Waals surface area contributed by atoms with E-state index in [1.54, 1.807) is 15.9 Å². The number of morpholine rings is 1. The molecule has 0 aliphatic carbocycles. The fourth-order valence-corrected chi connectivity index (χ4v) is 3.87. The van der Waals surface area contributed by atoms with E-state index in [1.807, 2.05) is 17.5 Å². The Morgan fingerprint density at radius 1 is 1.28 bits per heavy atom. The van der Waals surface area contributed by atoms with Crippen LogP contribution in [0, 0.1) is 0 Å². The molecule has 4 rings (SSSR count). The molecule has 0 unspecified atom stereocenters. The summed E-state index contributed by atoms with van der Waals surface area (Å²) in [7, 11) is 0. The van der Waals surface area contributed by atoms with Crippen molar-refractivity contribution in [3.8, 4) is 0 Å². The van der Waals surface area contributed by atoms with Gasteiger partial charge in [0.25, 0.3) is 11.8 Å². The van der Waals surface area contributed by atoms with Crippen LogP contribution in [0.15, 0.2) is 40.5 Å². The van der Waals surface area contributed by atoms with E-state index < -0.39 is 5.60 Å². The third-order valence-corrected chi connectivity index (χ3v) is 5.29. The molecule has 2 aromatic heterocycles. The van der Waals surface area contributed by atoms with Gasteiger partial charge < -0.3 is 23.7 Å². The predicted molar refractivity (Wildman–Crippen MR) is 90.8 cm³/mol. The number of hydrogen-bond donors (Lipinski definition) is 0. The highest BCUT2D eigenvalue weighted by Gasteiger charge is 2.44. The fourth-order valence-electron chi connectivity index (χ4n) is 3.18. The molecule has 25 heavy (non-hydrogen) atoms. The van der Waals surface area contributed by atoms with Crippen molar-refractivity contribution in [1.82, 2.24) is 4.90 Å². The normalized spacial score (nSPS) is 24.6. The number of thiophene rings is 1. The van der Waals surface area contributed by atoms with E-state index in [0.717, 1.165) is 0 Å². The molecule has 1 atom stereocenters. The molecule has 8 heteroatoms. The number of carbonyl (C=O) groups excluding carboxylic acids is 2. The van der Waals surface area contributed by atoms with E-state index >= 15 is 0 Å². The zero-order valence-electron chi connectivity index (χ0n) is 13.6. The van der Waals surface area contributed by atoms with Crippen LogP contribution in [0.4, 0.5) is 5.69 Å². The monoisotopic (exact) mass is 362 g/mol. The molecular formula is C17H18N2O5S. The summed E-state index contributed by atoms with van der Waals surface area (Å²) in [4.78, 5) is 29.1. The SMILES string of the molecule is O=C(c1cccs1)N1CCOC[C@@]2(C1)CN(c1ccoc1)C(=O)CO2. The van der Waals surface area contributed by atoms with Gasteiger partial charge in [0.1, 0.15) is 18.5 Å². The summed E-state index contributed by atoms with van der Waals surface area (Å²) in [6.45, 7) is 1.94. The summed E-state index contributed by atoms with van der Waals surface area (Å²) < 4.78 is 16.7. The lowest BCUT2D eigenvalue weighted by Crippen LogP contribution is -2.61. The summed E-state index contributed by atoms with van der Waals surface area (Å²) in [6, 6.07) is 5.41. The van der Waals surface area contributed by atoms with Crippen LogP contribution in [0.25, 0.3) is 0 Å². The Morgan fingerprint density at radius 3 is 2.96 bits per heavy atom. The fraction of sp³-hybridized carbons (Fsp3) is 0.412. The zero-order valence-corrected chi connectivity index (χ0v) is 14.4. The van der Waals surface area contributed by atoms with Gasteiger partial charge in [-0.05, 0) is 11.4 Å². The van der Waals surface area contributed by atoms with Gasteiger partial charge in [-0.25, -0.2) is 0 Å². The summed E-state index contributed by atoms with van der Waals surface area (Å²) in [6.07, 6.45) is 3.06. The first kappa shape index (κ1) is 16.3. The summed E-state index contributed by atoms with van der Waals surface area (Å²) in [5, 5.41) is 1.88. The Balaban J connectivity index is 1.57. The lowest BCUT2D eigenvalue weighted by atomic mass is 10.0. The van der Waals surface area contributed by atoms with E-state index in [-0.39, 0.29) is 18.4 Å². The summed E-state index contributed by atoms with van der Waals surface area (Å²) in [5.74, 6) is -0.164. The number of ether oxygens (including phenoxy) is 2. The van der Waals surface area contributed by atoms with Gasteiger partial charge in [-0.15, -0.1) is 11.3 Å². The smallest absolute Gasteiger partial charge is 0.264 e. The van der Waals surface area contributed by atoms with Crippen molar-refractivity contribution in [3.05, 3.63) is 41.0 Å². The number of amides is 2. The lowest BCUT2D eigenvalue weighted by Gasteiger charge is -2.42. The van der Waals surface area contributed by atoms with Crippen LogP contribution in [0.3, 0.4) is 0 Å². The van der Waals surface area contributed by atoms with Crippen LogP contribution >= 0.6 is 11.3 Å². The second kappa shape index (κ2) is 6.62. The van der Waals surface area contributed by atoms with Crippen molar-refractivity contribution in [2.24, 2.45) is 0 Å². The highest BCUT2D eigenvalue weighted by molar-refractivity contribution is 7.12. The predicted octanol–water partition coefficient (Wildman–Crippen LogP) is 1.62. The number of rotatable bonds is 2. The van der Waals surface area contributed by atoms with E-state index in [0.29, 0.717) is 43.4 Å². The molecule has 2 aliphatic rings. The van der Waals surface area contributed by atoms with Crippen molar-refractivity contribution in [2.75, 3.05) is 44.4 Å². The number of carbonyl (C=O) groups is 2. The van der Waals surface area contributed by atoms with E-state index in [2.05, 4.69) is 0 Å². The van der Waals surface area contributed by atoms with Crippen molar-refractivity contribution in [3.63, 3.8) is 0 Å². The van der Waals surface area contributed by atoms with Crippen molar-refractivity contribution >= 4 is 28.8 Å². The van der Waals surface area contributed by atoms with Crippen LogP contribution in [-0.2, 0) is 14.3 Å². The largest absolute Gasteiger partial charge is 0.470 e. The van der Waals surface area contributed by atoms with Crippen molar-refractivity contribution in [1.29, 1.82) is 0 Å².